The van der Waals surface area contributed by atoms with E-state index in [-0.39, 0.29) is 0 Å². The van der Waals surface area contributed by atoms with Crippen LogP contribution in [0.4, 0.5) is 24.8 Å². The standard InChI is InChI=1S/C29H27F3N4/c1-21-3-5-22(6-4-21)24-9-13-27(33-19-24)35-15-2-16-36(18-17-35)28-14-10-25(20-34-28)23-7-11-26(12-8-23)29(30,31)32/h3-14,19-20H,2,15-18H2,1H3. The molecule has 0 bridgehead atoms. The summed E-state index contributed by atoms with van der Waals surface area (Å²) in [6.07, 6.45) is 0.305. The van der Waals surface area contributed by atoms with Gasteiger partial charge in [-0.3, -0.25) is 0 Å². The van der Waals surface area contributed by atoms with E-state index in [1.807, 2.05) is 18.3 Å². The molecule has 0 atom stereocenters. The van der Waals surface area contributed by atoms with Crippen LogP contribution in [0, 0.1) is 6.92 Å². The van der Waals surface area contributed by atoms with E-state index in [1.54, 1.807) is 6.20 Å². The summed E-state index contributed by atoms with van der Waals surface area (Å²) in [5, 5.41) is 0. The summed E-state index contributed by atoms with van der Waals surface area (Å²) in [4.78, 5) is 13.9. The molecule has 1 aliphatic rings. The fraction of sp³-hybridized carbons (Fsp3) is 0.241. The summed E-state index contributed by atoms with van der Waals surface area (Å²) in [6.45, 7) is 5.52. The van der Waals surface area contributed by atoms with Crippen LogP contribution in [0.25, 0.3) is 22.3 Å². The van der Waals surface area contributed by atoms with Gasteiger partial charge in [-0.15, -0.1) is 0 Å². The Morgan fingerprint density at radius 2 is 1.03 bits per heavy atom. The molecule has 0 amide bonds. The second-order valence-corrected chi connectivity index (χ2v) is 9.08. The lowest BCUT2D eigenvalue weighted by atomic mass is 10.1. The molecule has 0 saturated carbocycles. The lowest BCUT2D eigenvalue weighted by molar-refractivity contribution is -0.137. The highest BCUT2D eigenvalue weighted by atomic mass is 19.4. The van der Waals surface area contributed by atoms with Gasteiger partial charge in [-0.1, -0.05) is 42.0 Å². The summed E-state index contributed by atoms with van der Waals surface area (Å²) in [5.74, 6) is 1.84. The van der Waals surface area contributed by atoms with Gasteiger partial charge in [0.25, 0.3) is 0 Å². The Labute approximate surface area is 209 Å². The van der Waals surface area contributed by atoms with Crippen molar-refractivity contribution >= 4 is 11.6 Å². The first-order valence-electron chi connectivity index (χ1n) is 12.0. The van der Waals surface area contributed by atoms with Gasteiger partial charge in [0, 0.05) is 49.7 Å². The van der Waals surface area contributed by atoms with Crippen LogP contribution >= 0.6 is 0 Å². The van der Waals surface area contributed by atoms with Crippen LogP contribution in [0.2, 0.25) is 0 Å². The summed E-state index contributed by atoms with van der Waals surface area (Å²) in [7, 11) is 0. The lowest BCUT2D eigenvalue weighted by Gasteiger charge is -2.23. The predicted octanol–water partition coefficient (Wildman–Crippen LogP) is 6.85. The van der Waals surface area contributed by atoms with Crippen molar-refractivity contribution in [3.05, 3.63) is 96.3 Å². The van der Waals surface area contributed by atoms with Crippen molar-refractivity contribution in [3.8, 4) is 22.3 Å². The van der Waals surface area contributed by atoms with E-state index in [0.29, 0.717) is 5.56 Å². The van der Waals surface area contributed by atoms with E-state index < -0.39 is 11.7 Å². The zero-order chi connectivity index (χ0) is 25.1. The molecule has 0 N–H and O–H groups in total. The highest BCUT2D eigenvalue weighted by Crippen LogP contribution is 2.31. The van der Waals surface area contributed by atoms with Crippen molar-refractivity contribution < 1.29 is 13.2 Å². The lowest BCUT2D eigenvalue weighted by Crippen LogP contribution is -2.31. The highest BCUT2D eigenvalue weighted by molar-refractivity contribution is 5.65. The largest absolute Gasteiger partial charge is 0.416 e. The minimum absolute atomic E-state index is 0.649. The molecule has 2 aromatic carbocycles. The third-order valence-electron chi connectivity index (χ3n) is 6.57. The van der Waals surface area contributed by atoms with Crippen LogP contribution in [-0.2, 0) is 6.18 Å². The minimum Gasteiger partial charge on any atom is -0.355 e. The van der Waals surface area contributed by atoms with Crippen molar-refractivity contribution in [3.63, 3.8) is 0 Å². The Bertz CT molecular complexity index is 1280. The van der Waals surface area contributed by atoms with Crippen molar-refractivity contribution in [1.29, 1.82) is 0 Å². The number of hydrogen-bond acceptors (Lipinski definition) is 4. The molecule has 4 nitrogen and oxygen atoms in total. The fourth-order valence-electron chi connectivity index (χ4n) is 4.46. The van der Waals surface area contributed by atoms with Gasteiger partial charge >= 0.3 is 6.18 Å². The minimum atomic E-state index is -4.33. The van der Waals surface area contributed by atoms with E-state index in [4.69, 9.17) is 4.98 Å². The second-order valence-electron chi connectivity index (χ2n) is 9.08. The Balaban J connectivity index is 1.23. The van der Waals surface area contributed by atoms with Gasteiger partial charge in [0.15, 0.2) is 0 Å². The van der Waals surface area contributed by atoms with Gasteiger partial charge in [-0.25, -0.2) is 9.97 Å². The summed E-state index contributed by atoms with van der Waals surface area (Å²) in [5.41, 5.74) is 4.36. The monoisotopic (exact) mass is 488 g/mol. The Kier molecular flexibility index (Phi) is 6.63. The molecule has 3 heterocycles. The van der Waals surface area contributed by atoms with Gasteiger partial charge in [-0.05, 0) is 60.9 Å². The highest BCUT2D eigenvalue weighted by Gasteiger charge is 2.30. The average Bonchev–Trinajstić information content (AvgIpc) is 3.16. The molecule has 36 heavy (non-hydrogen) atoms. The molecule has 0 unspecified atom stereocenters. The van der Waals surface area contributed by atoms with Crippen LogP contribution in [0.5, 0.6) is 0 Å². The number of aryl methyl sites for hydroxylation is 1. The molecule has 0 aliphatic carbocycles. The van der Waals surface area contributed by atoms with Gasteiger partial charge in [0.1, 0.15) is 11.6 Å². The zero-order valence-electron chi connectivity index (χ0n) is 20.0. The first-order valence-corrected chi connectivity index (χ1v) is 12.0. The quantitative estimate of drug-likeness (QED) is 0.314. The first-order chi connectivity index (χ1) is 17.4. The second kappa shape index (κ2) is 10.0. The molecule has 184 valence electrons. The van der Waals surface area contributed by atoms with Crippen LogP contribution in [-0.4, -0.2) is 36.1 Å². The number of hydrogen-bond donors (Lipinski definition) is 0. The third kappa shape index (κ3) is 5.35. The van der Waals surface area contributed by atoms with Gasteiger partial charge in [0.05, 0.1) is 5.56 Å². The van der Waals surface area contributed by atoms with E-state index >= 15 is 0 Å². The number of anilines is 2. The average molecular weight is 489 g/mol. The number of nitrogens with zero attached hydrogens (tertiary/aromatic N) is 4. The maximum Gasteiger partial charge on any atom is 0.416 e. The molecule has 0 spiro atoms. The molecule has 5 rings (SSSR count). The number of pyridine rings is 2. The van der Waals surface area contributed by atoms with Crippen molar-refractivity contribution in [1.82, 2.24) is 9.97 Å². The third-order valence-corrected chi connectivity index (χ3v) is 6.57. The van der Waals surface area contributed by atoms with Crippen LogP contribution < -0.4 is 9.80 Å². The summed E-state index contributed by atoms with van der Waals surface area (Å²) in [6, 6.07) is 21.7. The van der Waals surface area contributed by atoms with Crippen LogP contribution in [0.15, 0.2) is 85.2 Å². The van der Waals surface area contributed by atoms with Crippen molar-refractivity contribution in [2.75, 3.05) is 36.0 Å². The maximum atomic E-state index is 12.8. The number of aromatic nitrogens is 2. The number of benzene rings is 2. The number of halogens is 3. The van der Waals surface area contributed by atoms with E-state index in [2.05, 4.69) is 58.1 Å². The molecular weight excluding hydrogens is 461 g/mol. The Morgan fingerprint density at radius 1 is 0.583 bits per heavy atom. The first kappa shape index (κ1) is 23.9. The van der Waals surface area contributed by atoms with Crippen LogP contribution in [0.3, 0.4) is 0 Å². The summed E-state index contributed by atoms with van der Waals surface area (Å²) >= 11 is 0. The maximum absolute atomic E-state index is 12.8. The molecule has 1 saturated heterocycles. The Hall–Kier alpha value is -3.87. The Morgan fingerprint density at radius 3 is 1.44 bits per heavy atom. The molecule has 7 heteroatoms. The molecule has 1 aliphatic heterocycles. The molecule has 2 aromatic heterocycles. The van der Waals surface area contributed by atoms with Gasteiger partial charge < -0.3 is 9.80 Å². The van der Waals surface area contributed by atoms with Gasteiger partial charge in [0.2, 0.25) is 0 Å². The topological polar surface area (TPSA) is 32.3 Å². The van der Waals surface area contributed by atoms with Gasteiger partial charge in [-0.2, -0.15) is 13.2 Å². The SMILES string of the molecule is Cc1ccc(-c2ccc(N3CCCN(c4ccc(-c5ccc(C(F)(F)F)cc5)cn4)CC3)nc2)cc1. The van der Waals surface area contributed by atoms with E-state index in [0.717, 1.165) is 73.1 Å². The molecular formula is C29H27F3N4. The number of rotatable bonds is 4. The molecule has 0 radical (unpaired) electrons. The van der Waals surface area contributed by atoms with Crippen molar-refractivity contribution in [2.24, 2.45) is 0 Å². The van der Waals surface area contributed by atoms with E-state index in [9.17, 15) is 13.2 Å². The smallest absolute Gasteiger partial charge is 0.355 e. The molecule has 1 fully saturated rings. The fourth-order valence-corrected chi connectivity index (χ4v) is 4.46. The number of alkyl halides is 3. The summed E-state index contributed by atoms with van der Waals surface area (Å²) < 4.78 is 38.5. The van der Waals surface area contributed by atoms with Crippen molar-refractivity contribution in [2.45, 2.75) is 19.5 Å². The normalized spacial score (nSPS) is 14.6. The van der Waals surface area contributed by atoms with E-state index in [1.165, 1.54) is 17.7 Å². The van der Waals surface area contributed by atoms with Crippen LogP contribution in [0.1, 0.15) is 17.5 Å². The predicted molar refractivity (Wildman–Crippen MR) is 138 cm³/mol. The molecule has 4 aromatic rings. The zero-order valence-corrected chi connectivity index (χ0v) is 20.0.